The number of halogens is 1. The van der Waals surface area contributed by atoms with E-state index in [1.165, 1.54) is 0 Å². The Morgan fingerprint density at radius 2 is 2.00 bits per heavy atom. The number of hydrogen-bond acceptors (Lipinski definition) is 3. The van der Waals surface area contributed by atoms with E-state index in [1.54, 1.807) is 24.3 Å². The van der Waals surface area contributed by atoms with E-state index in [-0.39, 0.29) is 17.1 Å². The van der Waals surface area contributed by atoms with E-state index in [1.807, 2.05) is 13.8 Å². The molecule has 0 aromatic heterocycles. The maximum absolute atomic E-state index is 12.0. The van der Waals surface area contributed by atoms with Gasteiger partial charge in [0.1, 0.15) is 5.78 Å². The fraction of sp³-hybridized carbons (Fsp3) is 0.400. The van der Waals surface area contributed by atoms with Crippen LogP contribution in [0.5, 0.6) is 0 Å². The van der Waals surface area contributed by atoms with Crippen molar-refractivity contribution in [3.63, 3.8) is 0 Å². The number of benzene rings is 1. The summed E-state index contributed by atoms with van der Waals surface area (Å²) in [7, 11) is 0. The first-order valence-corrected chi connectivity index (χ1v) is 6.87. The standard InChI is InChI=1S/C15H17ClN2O2/c1-15(2)8-10(7-11(19)9-15)17-18-14(20)12-5-3-4-6-13(12)16/h3-6H,7-9H2,1-2H3,(H,18,20). The summed E-state index contributed by atoms with van der Waals surface area (Å²) in [6, 6.07) is 6.78. The number of ketones is 1. The summed E-state index contributed by atoms with van der Waals surface area (Å²) in [6.07, 6.45) is 1.58. The van der Waals surface area contributed by atoms with Crippen LogP contribution in [0.4, 0.5) is 0 Å². The van der Waals surface area contributed by atoms with E-state index in [2.05, 4.69) is 10.5 Å². The summed E-state index contributed by atoms with van der Waals surface area (Å²) < 4.78 is 0. The summed E-state index contributed by atoms with van der Waals surface area (Å²) in [5.41, 5.74) is 3.48. The largest absolute Gasteiger partial charge is 0.299 e. The SMILES string of the molecule is CC1(C)CC(=O)CC(=NNC(=O)c2ccccc2Cl)C1. The van der Waals surface area contributed by atoms with Gasteiger partial charge in [-0.05, 0) is 24.0 Å². The van der Waals surface area contributed by atoms with Gasteiger partial charge in [0, 0.05) is 18.6 Å². The molecule has 0 radical (unpaired) electrons. The first kappa shape index (κ1) is 14.7. The molecule has 1 aliphatic carbocycles. The Morgan fingerprint density at radius 3 is 2.65 bits per heavy atom. The lowest BCUT2D eigenvalue weighted by atomic mass is 9.76. The molecule has 1 aliphatic rings. The van der Waals surface area contributed by atoms with Gasteiger partial charge >= 0.3 is 0 Å². The van der Waals surface area contributed by atoms with Crippen LogP contribution in [0, 0.1) is 5.41 Å². The van der Waals surface area contributed by atoms with Crippen molar-refractivity contribution in [3.8, 4) is 0 Å². The Labute approximate surface area is 123 Å². The molecule has 0 unspecified atom stereocenters. The lowest BCUT2D eigenvalue weighted by Crippen LogP contribution is -2.31. The number of carbonyl (C=O) groups excluding carboxylic acids is 2. The molecule has 0 aliphatic heterocycles. The molecule has 2 rings (SSSR count). The molecule has 0 spiro atoms. The number of Topliss-reactive ketones (excluding diaryl/α,β-unsaturated/α-hetero) is 1. The lowest BCUT2D eigenvalue weighted by Gasteiger charge is -2.29. The van der Waals surface area contributed by atoms with Crippen LogP contribution < -0.4 is 5.43 Å². The highest BCUT2D eigenvalue weighted by atomic mass is 35.5. The van der Waals surface area contributed by atoms with Gasteiger partial charge < -0.3 is 0 Å². The Bertz CT molecular complexity index is 579. The van der Waals surface area contributed by atoms with Gasteiger partial charge in [-0.25, -0.2) is 5.43 Å². The molecule has 1 aromatic carbocycles. The molecular formula is C15H17ClN2O2. The first-order valence-electron chi connectivity index (χ1n) is 6.49. The summed E-state index contributed by atoms with van der Waals surface area (Å²) in [6.45, 7) is 4.05. The van der Waals surface area contributed by atoms with Crippen molar-refractivity contribution in [3.05, 3.63) is 34.9 Å². The average Bonchev–Trinajstić information content (AvgIpc) is 2.34. The predicted octanol–water partition coefficient (Wildman–Crippen LogP) is 3.21. The minimum Gasteiger partial charge on any atom is -0.299 e. The summed E-state index contributed by atoms with van der Waals surface area (Å²) in [5.74, 6) is -0.203. The smallest absolute Gasteiger partial charge is 0.272 e. The van der Waals surface area contributed by atoms with Crippen LogP contribution in [0.15, 0.2) is 29.4 Å². The highest BCUT2D eigenvalue weighted by molar-refractivity contribution is 6.33. The average molecular weight is 293 g/mol. The van der Waals surface area contributed by atoms with Crippen LogP contribution >= 0.6 is 11.6 Å². The van der Waals surface area contributed by atoms with E-state index in [0.717, 1.165) is 0 Å². The maximum atomic E-state index is 12.0. The first-order chi connectivity index (χ1) is 9.37. The molecule has 1 fully saturated rings. The Balaban J connectivity index is 2.08. The number of carbonyl (C=O) groups is 2. The maximum Gasteiger partial charge on any atom is 0.272 e. The number of rotatable bonds is 2. The van der Waals surface area contributed by atoms with Crippen molar-refractivity contribution in [2.24, 2.45) is 10.5 Å². The number of nitrogens with one attached hydrogen (secondary N) is 1. The third kappa shape index (κ3) is 3.67. The molecule has 1 aromatic rings. The Hall–Kier alpha value is -1.68. The van der Waals surface area contributed by atoms with Gasteiger partial charge in [-0.3, -0.25) is 9.59 Å². The predicted molar refractivity (Wildman–Crippen MR) is 79.0 cm³/mol. The van der Waals surface area contributed by atoms with Crippen molar-refractivity contribution >= 4 is 29.0 Å². The van der Waals surface area contributed by atoms with Crippen LogP contribution in [-0.4, -0.2) is 17.4 Å². The minimum absolute atomic E-state index is 0.0940. The van der Waals surface area contributed by atoms with Crippen LogP contribution in [-0.2, 0) is 4.79 Å². The zero-order valence-electron chi connectivity index (χ0n) is 11.6. The number of amides is 1. The highest BCUT2D eigenvalue weighted by Gasteiger charge is 2.30. The van der Waals surface area contributed by atoms with Gasteiger partial charge in [0.05, 0.1) is 10.6 Å². The number of hydrogen-bond donors (Lipinski definition) is 1. The van der Waals surface area contributed by atoms with Gasteiger partial charge in [0.25, 0.3) is 5.91 Å². The lowest BCUT2D eigenvalue weighted by molar-refractivity contribution is -0.120. The molecule has 1 N–H and O–H groups in total. The van der Waals surface area contributed by atoms with Gasteiger partial charge in [-0.2, -0.15) is 5.10 Å². The molecule has 0 bridgehead atoms. The van der Waals surface area contributed by atoms with Crippen molar-refractivity contribution < 1.29 is 9.59 Å². The number of hydrazone groups is 1. The second-order valence-electron chi connectivity index (χ2n) is 5.83. The topological polar surface area (TPSA) is 58.5 Å². The summed E-state index contributed by atoms with van der Waals surface area (Å²) in [5, 5.41) is 4.46. The fourth-order valence-corrected chi connectivity index (χ4v) is 2.64. The third-order valence-electron chi connectivity index (χ3n) is 3.19. The van der Waals surface area contributed by atoms with Crippen LogP contribution in [0.25, 0.3) is 0 Å². The van der Waals surface area contributed by atoms with E-state index < -0.39 is 0 Å². The monoisotopic (exact) mass is 292 g/mol. The second-order valence-corrected chi connectivity index (χ2v) is 6.24. The molecule has 20 heavy (non-hydrogen) atoms. The van der Waals surface area contributed by atoms with Crippen LogP contribution in [0.2, 0.25) is 5.02 Å². The van der Waals surface area contributed by atoms with Crippen molar-refractivity contribution in [1.29, 1.82) is 0 Å². The molecule has 0 heterocycles. The molecule has 106 valence electrons. The molecular weight excluding hydrogens is 276 g/mol. The summed E-state index contributed by atoms with van der Waals surface area (Å²) in [4.78, 5) is 23.6. The van der Waals surface area contributed by atoms with E-state index in [9.17, 15) is 9.59 Å². The molecule has 4 nitrogen and oxygen atoms in total. The van der Waals surface area contributed by atoms with Gasteiger partial charge in [0.15, 0.2) is 0 Å². The van der Waals surface area contributed by atoms with E-state index in [0.29, 0.717) is 35.6 Å². The van der Waals surface area contributed by atoms with Gasteiger partial charge in [-0.1, -0.05) is 37.6 Å². The molecule has 1 amide bonds. The Morgan fingerprint density at radius 1 is 1.30 bits per heavy atom. The quantitative estimate of drug-likeness (QED) is 0.851. The zero-order valence-corrected chi connectivity index (χ0v) is 12.3. The molecule has 1 saturated carbocycles. The normalized spacial score (nSPS) is 19.9. The van der Waals surface area contributed by atoms with Crippen LogP contribution in [0.1, 0.15) is 43.5 Å². The third-order valence-corrected chi connectivity index (χ3v) is 3.52. The van der Waals surface area contributed by atoms with Crippen molar-refractivity contribution in [1.82, 2.24) is 5.43 Å². The summed E-state index contributed by atoms with van der Waals surface area (Å²) >= 11 is 5.95. The second kappa shape index (κ2) is 5.75. The number of nitrogens with zero attached hydrogens (tertiary/aromatic N) is 1. The van der Waals surface area contributed by atoms with E-state index >= 15 is 0 Å². The molecule has 5 heteroatoms. The van der Waals surface area contributed by atoms with E-state index in [4.69, 9.17) is 11.6 Å². The zero-order chi connectivity index (χ0) is 14.8. The highest BCUT2D eigenvalue weighted by Crippen LogP contribution is 2.31. The minimum atomic E-state index is -0.362. The van der Waals surface area contributed by atoms with Gasteiger partial charge in [-0.15, -0.1) is 0 Å². The van der Waals surface area contributed by atoms with Crippen molar-refractivity contribution in [2.45, 2.75) is 33.1 Å². The van der Waals surface area contributed by atoms with Crippen molar-refractivity contribution in [2.75, 3.05) is 0 Å². The Kier molecular flexibility index (Phi) is 4.23. The van der Waals surface area contributed by atoms with Gasteiger partial charge in [0.2, 0.25) is 0 Å². The fourth-order valence-electron chi connectivity index (χ4n) is 2.42. The molecule has 0 saturated heterocycles. The van der Waals surface area contributed by atoms with Crippen LogP contribution in [0.3, 0.4) is 0 Å². The molecule has 0 atom stereocenters.